The summed E-state index contributed by atoms with van der Waals surface area (Å²) in [4.78, 5) is 8.69. The van der Waals surface area contributed by atoms with E-state index in [0.29, 0.717) is 5.69 Å². The number of hydrogen-bond acceptors (Lipinski definition) is 6. The normalized spacial score (nSPS) is 10.8. The number of aryl methyl sites for hydroxylation is 1. The van der Waals surface area contributed by atoms with Crippen molar-refractivity contribution in [1.29, 1.82) is 0 Å². The zero-order valence-corrected chi connectivity index (χ0v) is 12.6. The molecule has 17 heavy (non-hydrogen) atoms. The van der Waals surface area contributed by atoms with Gasteiger partial charge in [-0.15, -0.1) is 0 Å². The van der Waals surface area contributed by atoms with Crippen LogP contribution in [0.25, 0.3) is 0 Å². The molecule has 2 heterocycles. The predicted octanol–water partition coefficient (Wildman–Crippen LogP) is 3.30. The summed E-state index contributed by atoms with van der Waals surface area (Å²) >= 11 is 6.41. The van der Waals surface area contributed by atoms with E-state index in [4.69, 9.17) is 5.73 Å². The van der Waals surface area contributed by atoms with Crippen LogP contribution in [-0.2, 0) is 6.42 Å². The van der Waals surface area contributed by atoms with E-state index in [1.54, 1.807) is 6.20 Å². The summed E-state index contributed by atoms with van der Waals surface area (Å²) in [6.45, 7) is 4.00. The van der Waals surface area contributed by atoms with Crippen LogP contribution < -0.4 is 5.73 Å². The van der Waals surface area contributed by atoms with Crippen LogP contribution in [0.4, 0.5) is 5.69 Å². The third kappa shape index (κ3) is 2.78. The zero-order chi connectivity index (χ0) is 12.4. The number of nitrogens with zero attached hydrogens (tertiary/aromatic N) is 3. The van der Waals surface area contributed by atoms with Crippen LogP contribution in [0.5, 0.6) is 0 Å². The molecule has 2 aromatic rings. The van der Waals surface area contributed by atoms with Crippen LogP contribution in [0.1, 0.15) is 18.3 Å². The van der Waals surface area contributed by atoms with Crippen LogP contribution in [0.2, 0.25) is 0 Å². The predicted molar refractivity (Wildman–Crippen MR) is 74.5 cm³/mol. The average Bonchev–Trinajstić information content (AvgIpc) is 2.78. The first-order valence-electron chi connectivity index (χ1n) is 5.02. The summed E-state index contributed by atoms with van der Waals surface area (Å²) in [7, 11) is 0. The smallest absolute Gasteiger partial charge is 0.176 e. The van der Waals surface area contributed by atoms with Gasteiger partial charge in [0.2, 0.25) is 0 Å². The van der Waals surface area contributed by atoms with Gasteiger partial charge in [0, 0.05) is 6.42 Å². The highest BCUT2D eigenvalue weighted by Crippen LogP contribution is 2.35. The molecule has 0 bridgehead atoms. The molecule has 7 heteroatoms. The van der Waals surface area contributed by atoms with Crippen molar-refractivity contribution in [3.63, 3.8) is 0 Å². The lowest BCUT2D eigenvalue weighted by molar-refractivity contribution is 0.969. The Balaban J connectivity index is 2.27. The van der Waals surface area contributed by atoms with Gasteiger partial charge in [0.15, 0.2) is 4.34 Å². The number of pyridine rings is 1. The SMILES string of the molecule is CCc1nsc(Sc2ncc(N)c(C)c2Br)n1. The summed E-state index contributed by atoms with van der Waals surface area (Å²) in [6.07, 6.45) is 2.52. The molecule has 0 amide bonds. The van der Waals surface area contributed by atoms with Gasteiger partial charge >= 0.3 is 0 Å². The van der Waals surface area contributed by atoms with Gasteiger partial charge in [-0.3, -0.25) is 0 Å². The molecule has 0 aliphatic carbocycles. The fourth-order valence-corrected chi connectivity index (χ4v) is 3.38. The molecule has 0 fully saturated rings. The fourth-order valence-electron chi connectivity index (χ4n) is 1.15. The van der Waals surface area contributed by atoms with E-state index >= 15 is 0 Å². The Morgan fingerprint density at radius 2 is 2.29 bits per heavy atom. The molecule has 2 aromatic heterocycles. The monoisotopic (exact) mass is 330 g/mol. The van der Waals surface area contributed by atoms with E-state index in [0.717, 1.165) is 31.6 Å². The Labute approximate surface area is 116 Å². The Morgan fingerprint density at radius 3 is 2.94 bits per heavy atom. The highest BCUT2D eigenvalue weighted by molar-refractivity contribution is 9.10. The fraction of sp³-hybridized carbons (Fsp3) is 0.300. The van der Waals surface area contributed by atoms with Crippen molar-refractivity contribution < 1.29 is 0 Å². The second kappa shape index (κ2) is 5.32. The van der Waals surface area contributed by atoms with Crippen molar-refractivity contribution >= 4 is 44.9 Å². The Hall–Kier alpha value is -0.660. The number of hydrogen-bond donors (Lipinski definition) is 1. The number of nitrogens with two attached hydrogens (primary N) is 1. The maximum Gasteiger partial charge on any atom is 0.176 e. The summed E-state index contributed by atoms with van der Waals surface area (Å²) in [5, 5.41) is 0.871. The van der Waals surface area contributed by atoms with Gasteiger partial charge in [0.25, 0.3) is 0 Å². The first kappa shape index (κ1) is 12.8. The lowest BCUT2D eigenvalue weighted by Crippen LogP contribution is -1.94. The number of halogens is 1. The average molecular weight is 331 g/mol. The zero-order valence-electron chi connectivity index (χ0n) is 9.40. The molecule has 2 N–H and O–H groups in total. The molecule has 0 aliphatic rings. The standard InChI is InChI=1S/C10H11BrN4S2/c1-3-7-14-10(17-15-7)16-9-8(11)5(2)6(12)4-13-9/h4H,3,12H2,1-2H3. The summed E-state index contributed by atoms with van der Waals surface area (Å²) in [5.41, 5.74) is 7.47. The van der Waals surface area contributed by atoms with Crippen molar-refractivity contribution in [2.45, 2.75) is 29.6 Å². The molecule has 4 nitrogen and oxygen atoms in total. The summed E-state index contributed by atoms with van der Waals surface area (Å²) in [6, 6.07) is 0. The molecule has 0 atom stereocenters. The van der Waals surface area contributed by atoms with E-state index in [-0.39, 0.29) is 0 Å². The van der Waals surface area contributed by atoms with Crippen LogP contribution in [-0.4, -0.2) is 14.3 Å². The van der Waals surface area contributed by atoms with Crippen molar-refractivity contribution in [3.8, 4) is 0 Å². The number of aromatic nitrogens is 3. The number of anilines is 1. The molecule has 0 spiro atoms. The summed E-state index contributed by atoms with van der Waals surface area (Å²) in [5.74, 6) is 0.876. The van der Waals surface area contributed by atoms with E-state index in [1.807, 2.05) is 13.8 Å². The molecular formula is C10H11BrN4S2. The Morgan fingerprint density at radius 1 is 1.53 bits per heavy atom. The third-order valence-electron chi connectivity index (χ3n) is 2.22. The molecular weight excluding hydrogens is 320 g/mol. The second-order valence-corrected chi connectivity index (χ2v) is 6.17. The lowest BCUT2D eigenvalue weighted by Gasteiger charge is -2.06. The van der Waals surface area contributed by atoms with Crippen molar-refractivity contribution in [2.24, 2.45) is 0 Å². The van der Waals surface area contributed by atoms with Crippen molar-refractivity contribution in [1.82, 2.24) is 14.3 Å². The molecule has 2 rings (SSSR count). The van der Waals surface area contributed by atoms with Gasteiger partial charge in [-0.2, -0.15) is 4.37 Å². The van der Waals surface area contributed by atoms with Crippen LogP contribution in [0, 0.1) is 6.92 Å². The van der Waals surface area contributed by atoms with Gasteiger partial charge in [0.1, 0.15) is 10.9 Å². The highest BCUT2D eigenvalue weighted by atomic mass is 79.9. The second-order valence-electron chi connectivity index (χ2n) is 3.39. The minimum atomic E-state index is 0.688. The summed E-state index contributed by atoms with van der Waals surface area (Å²) < 4.78 is 6.07. The van der Waals surface area contributed by atoms with Crippen LogP contribution >= 0.6 is 39.2 Å². The number of rotatable bonds is 3. The third-order valence-corrected chi connectivity index (χ3v) is 5.25. The molecule has 0 saturated carbocycles. The van der Waals surface area contributed by atoms with Crippen LogP contribution in [0.3, 0.4) is 0 Å². The van der Waals surface area contributed by atoms with Gasteiger partial charge in [-0.05, 0) is 51.7 Å². The van der Waals surface area contributed by atoms with Gasteiger partial charge < -0.3 is 5.73 Å². The molecule has 0 radical (unpaired) electrons. The van der Waals surface area contributed by atoms with E-state index in [1.165, 1.54) is 23.3 Å². The first-order valence-corrected chi connectivity index (χ1v) is 7.41. The quantitative estimate of drug-likeness (QED) is 0.935. The van der Waals surface area contributed by atoms with Gasteiger partial charge in [-0.1, -0.05) is 6.92 Å². The molecule has 0 aliphatic heterocycles. The van der Waals surface area contributed by atoms with Crippen LogP contribution in [0.15, 0.2) is 20.0 Å². The molecule has 0 unspecified atom stereocenters. The van der Waals surface area contributed by atoms with Gasteiger partial charge in [0.05, 0.1) is 16.4 Å². The molecule has 0 saturated heterocycles. The largest absolute Gasteiger partial charge is 0.397 e. The lowest BCUT2D eigenvalue weighted by atomic mass is 10.3. The highest BCUT2D eigenvalue weighted by Gasteiger charge is 2.11. The Bertz CT molecular complexity index is 541. The maximum absolute atomic E-state index is 5.78. The Kier molecular flexibility index (Phi) is 4.01. The minimum Gasteiger partial charge on any atom is -0.397 e. The topological polar surface area (TPSA) is 64.7 Å². The van der Waals surface area contributed by atoms with E-state index in [2.05, 4.69) is 30.3 Å². The van der Waals surface area contributed by atoms with Crippen molar-refractivity contribution in [3.05, 3.63) is 22.1 Å². The van der Waals surface area contributed by atoms with E-state index < -0.39 is 0 Å². The maximum atomic E-state index is 5.78. The van der Waals surface area contributed by atoms with Gasteiger partial charge in [-0.25, -0.2) is 9.97 Å². The first-order chi connectivity index (χ1) is 8.11. The number of nitrogen functional groups attached to an aromatic ring is 1. The van der Waals surface area contributed by atoms with E-state index in [9.17, 15) is 0 Å². The minimum absolute atomic E-state index is 0.688. The molecule has 90 valence electrons. The molecule has 0 aromatic carbocycles. The van der Waals surface area contributed by atoms with Crippen molar-refractivity contribution in [2.75, 3.05) is 5.73 Å².